The summed E-state index contributed by atoms with van der Waals surface area (Å²) in [6.07, 6.45) is 4.73. The number of likely N-dealkylation sites (tertiary alicyclic amines) is 2. The molecule has 0 saturated carbocycles. The lowest BCUT2D eigenvalue weighted by molar-refractivity contribution is -0.155. The molecule has 4 aliphatic heterocycles. The minimum Gasteiger partial charge on any atom is -0.464 e. The van der Waals surface area contributed by atoms with E-state index in [0.29, 0.717) is 63.4 Å². The Morgan fingerprint density at radius 2 is 1.91 bits per heavy atom. The molecular weight excluding hydrogens is 873 g/mol. The minimum atomic E-state index is -1.11. The van der Waals surface area contributed by atoms with Gasteiger partial charge in [-0.2, -0.15) is 0 Å². The Kier molecular flexibility index (Phi) is 13.6. The van der Waals surface area contributed by atoms with Crippen LogP contribution in [0.3, 0.4) is 0 Å². The van der Waals surface area contributed by atoms with E-state index in [0.717, 1.165) is 51.1 Å². The lowest BCUT2D eigenvalue weighted by Crippen LogP contribution is -2.69. The third-order valence-electron chi connectivity index (χ3n) is 14.0. The second-order valence-corrected chi connectivity index (χ2v) is 20.3. The van der Waals surface area contributed by atoms with Gasteiger partial charge < -0.3 is 34.1 Å². The Balaban J connectivity index is 1.14. The number of rotatable bonds is 9. The molecule has 0 radical (unpaired) electrons. The van der Waals surface area contributed by atoms with E-state index < -0.39 is 47.0 Å². The highest BCUT2D eigenvalue weighted by molar-refractivity contribution is 7.10. The van der Waals surface area contributed by atoms with Gasteiger partial charge in [-0.05, 0) is 96.0 Å². The van der Waals surface area contributed by atoms with E-state index in [1.165, 1.54) is 27.3 Å². The highest BCUT2D eigenvalue weighted by Crippen LogP contribution is 2.43. The van der Waals surface area contributed by atoms with Crippen LogP contribution in [0, 0.1) is 5.41 Å². The molecule has 7 heterocycles. The quantitative estimate of drug-likeness (QED) is 0.131. The number of aryl methyl sites for hydroxylation is 1. The van der Waals surface area contributed by atoms with E-state index in [9.17, 15) is 24.0 Å². The third-order valence-corrected chi connectivity index (χ3v) is 14.8. The highest BCUT2D eigenvalue weighted by atomic mass is 32.1. The van der Waals surface area contributed by atoms with Crippen LogP contribution >= 0.6 is 11.3 Å². The van der Waals surface area contributed by atoms with Gasteiger partial charge in [-0.3, -0.25) is 34.1 Å². The van der Waals surface area contributed by atoms with Crippen molar-refractivity contribution in [2.45, 2.75) is 103 Å². The predicted molar refractivity (Wildman–Crippen MR) is 255 cm³/mol. The van der Waals surface area contributed by atoms with Gasteiger partial charge in [0.25, 0.3) is 11.8 Å². The Labute approximate surface area is 396 Å². The van der Waals surface area contributed by atoms with Crippen molar-refractivity contribution in [2.24, 2.45) is 5.41 Å². The lowest BCUT2D eigenvalue weighted by Gasteiger charge is -2.52. The largest absolute Gasteiger partial charge is 0.464 e. The van der Waals surface area contributed by atoms with Crippen molar-refractivity contribution < 1.29 is 33.4 Å². The average molecular weight is 937 g/mol. The summed E-state index contributed by atoms with van der Waals surface area (Å²) in [5, 5.41) is 8.06. The van der Waals surface area contributed by atoms with E-state index in [2.05, 4.69) is 66.9 Å². The molecule has 4 aromatic rings. The minimum absolute atomic E-state index is 0.0578. The molecule has 2 N–H and O–H groups in total. The first-order valence-corrected chi connectivity index (χ1v) is 24.1. The van der Waals surface area contributed by atoms with Gasteiger partial charge in [0, 0.05) is 92.3 Å². The van der Waals surface area contributed by atoms with Gasteiger partial charge in [0.1, 0.15) is 12.1 Å². The Morgan fingerprint density at radius 3 is 2.61 bits per heavy atom. The molecule has 18 heteroatoms. The van der Waals surface area contributed by atoms with Crippen molar-refractivity contribution in [3.05, 3.63) is 70.8 Å². The third kappa shape index (κ3) is 9.20. The number of pyridine rings is 1. The van der Waals surface area contributed by atoms with Gasteiger partial charge in [0.2, 0.25) is 5.91 Å². The molecule has 6 bridgehead atoms. The van der Waals surface area contributed by atoms with Gasteiger partial charge in [0.15, 0.2) is 6.17 Å². The fraction of sp³-hybridized carbons (Fsp3) is 0.531. The monoisotopic (exact) mass is 936 g/mol. The van der Waals surface area contributed by atoms with Crippen LogP contribution in [0.4, 0.5) is 4.79 Å². The van der Waals surface area contributed by atoms with Gasteiger partial charge in [-0.1, -0.05) is 26.5 Å². The average Bonchev–Trinajstić information content (AvgIpc) is 4.06. The van der Waals surface area contributed by atoms with E-state index in [4.69, 9.17) is 19.4 Å². The molecule has 17 nitrogen and oxygen atoms in total. The standard InChI is InChI=1S/C49H64N10O7S/c1-10-40(60)56-22-18-49(28-56)19-23-58(49)47(64)55(8)44(54(6)7)43(61)52-36-25-39-51-37(27-67-39)31-16-17-38-33(24-31)34(42(57(38)11-2)32-14-12-20-50-41(32)30(3)65-9)26-48(4,5)29-66-46(63)35-15-13-21-59(53-35)45(36)62/h10,12,14,16-17,20,24,27,30,35-36,44,53H,1,11,13,15,18-19,21-23,25-26,28-29H2,2-9H3,(H,52,61)/t30-,35?,36-,44+,49+/m0/s1. The van der Waals surface area contributed by atoms with Crippen LogP contribution in [0.25, 0.3) is 33.4 Å². The molecule has 1 unspecified atom stereocenters. The number of thiazole rings is 1. The number of hydrogen-bond acceptors (Lipinski definition) is 12. The summed E-state index contributed by atoms with van der Waals surface area (Å²) in [7, 11) is 6.68. The van der Waals surface area contributed by atoms with E-state index in [1.54, 1.807) is 49.1 Å². The SMILES string of the molecule is C=CC(=O)N1CC[C@@]2(CCN2C(=O)N(C)[C@H](C(=O)N[C@H]2Cc3nc(cs3)-c3ccc4c(c3)c(c(-c3cccnc3[C@H](C)OC)n4CC)CC(C)(C)COC(=O)C3CCCN(N3)C2=O)N(C)C)C1. The fourth-order valence-corrected chi connectivity index (χ4v) is 11.1. The van der Waals surface area contributed by atoms with Crippen LogP contribution in [0.15, 0.2) is 54.6 Å². The Morgan fingerprint density at radius 1 is 1.13 bits per heavy atom. The van der Waals surface area contributed by atoms with Gasteiger partial charge in [-0.25, -0.2) is 15.2 Å². The molecule has 1 spiro atoms. The summed E-state index contributed by atoms with van der Waals surface area (Å²) in [5.41, 5.74) is 8.72. The fourth-order valence-electron chi connectivity index (χ4n) is 10.3. The number of nitrogens with zero attached hydrogens (tertiary/aromatic N) is 8. The Bertz CT molecular complexity index is 2570. The summed E-state index contributed by atoms with van der Waals surface area (Å²) in [6.45, 7) is 14.5. The molecule has 3 saturated heterocycles. The van der Waals surface area contributed by atoms with Crippen molar-refractivity contribution in [2.75, 3.05) is 61.0 Å². The maximum Gasteiger partial charge on any atom is 0.324 e. The first kappa shape index (κ1) is 47.8. The van der Waals surface area contributed by atoms with Crippen LogP contribution in [-0.4, -0.2) is 154 Å². The molecule has 1 aromatic carbocycles. The number of carbonyl (C=O) groups excluding carboxylic acids is 5. The van der Waals surface area contributed by atoms with Crippen LogP contribution in [-0.2, 0) is 48.0 Å². The van der Waals surface area contributed by atoms with Crippen LogP contribution in [0.2, 0.25) is 0 Å². The first-order chi connectivity index (χ1) is 32.0. The second kappa shape index (κ2) is 19.1. The maximum absolute atomic E-state index is 14.7. The molecule has 3 fully saturated rings. The molecule has 5 atom stereocenters. The van der Waals surface area contributed by atoms with Crippen molar-refractivity contribution >= 4 is 52.0 Å². The summed E-state index contributed by atoms with van der Waals surface area (Å²) < 4.78 is 14.2. The molecule has 0 aliphatic carbocycles. The van der Waals surface area contributed by atoms with Crippen LogP contribution in [0.5, 0.6) is 0 Å². The summed E-state index contributed by atoms with van der Waals surface area (Å²) in [6, 6.07) is 8.15. The zero-order valence-electron chi connectivity index (χ0n) is 40.0. The number of hydrogen-bond donors (Lipinski definition) is 2. The van der Waals surface area contributed by atoms with E-state index >= 15 is 0 Å². The molecule has 3 aromatic heterocycles. The number of amides is 5. The van der Waals surface area contributed by atoms with E-state index in [-0.39, 0.29) is 31.1 Å². The lowest BCUT2D eigenvalue weighted by atomic mass is 9.84. The van der Waals surface area contributed by atoms with E-state index in [1.807, 2.05) is 18.4 Å². The van der Waals surface area contributed by atoms with Gasteiger partial charge >= 0.3 is 12.0 Å². The number of aromatic nitrogens is 3. The summed E-state index contributed by atoms with van der Waals surface area (Å²) >= 11 is 1.40. The highest BCUT2D eigenvalue weighted by Gasteiger charge is 2.53. The summed E-state index contributed by atoms with van der Waals surface area (Å²) in [5.74, 6) is -1.63. The number of hydrazine groups is 1. The molecular formula is C49H64N10O7S. The number of methoxy groups -OCH3 is 1. The van der Waals surface area contributed by atoms with Crippen LogP contribution < -0.4 is 10.7 Å². The van der Waals surface area contributed by atoms with Crippen molar-refractivity contribution in [1.29, 1.82) is 0 Å². The normalized spacial score (nSPS) is 22.9. The topological polar surface area (TPSA) is 175 Å². The number of benzene rings is 1. The molecule has 8 rings (SSSR count). The molecule has 358 valence electrons. The first-order valence-electron chi connectivity index (χ1n) is 23.2. The molecule has 67 heavy (non-hydrogen) atoms. The van der Waals surface area contributed by atoms with Gasteiger partial charge in [-0.15, -0.1) is 11.3 Å². The number of carbonyl (C=O) groups is 5. The number of likely N-dealkylation sites (N-methyl/N-ethyl adjacent to an activating group) is 2. The zero-order valence-corrected chi connectivity index (χ0v) is 40.8. The maximum atomic E-state index is 14.7. The van der Waals surface area contributed by atoms with Crippen molar-refractivity contribution in [1.82, 2.24) is 49.9 Å². The zero-order chi connectivity index (χ0) is 47.9. The second-order valence-electron chi connectivity index (χ2n) is 19.3. The number of cyclic esters (lactones) is 1. The van der Waals surface area contributed by atoms with Gasteiger partial charge in [0.05, 0.1) is 40.3 Å². The molecule has 4 aliphatic rings. The molecule has 5 amide bonds. The summed E-state index contributed by atoms with van der Waals surface area (Å²) in [4.78, 5) is 86.2. The number of fused-ring (bicyclic) bond motifs is 6. The van der Waals surface area contributed by atoms with Crippen LogP contribution in [0.1, 0.15) is 75.7 Å². The number of esters is 1. The number of urea groups is 1. The smallest absolute Gasteiger partial charge is 0.324 e. The Hall–Kier alpha value is -5.69. The number of nitrogens with one attached hydrogen (secondary N) is 2. The van der Waals surface area contributed by atoms with Crippen molar-refractivity contribution in [3.63, 3.8) is 0 Å². The predicted octanol–water partition coefficient (Wildman–Crippen LogP) is 5.00. The van der Waals surface area contributed by atoms with Crippen molar-refractivity contribution in [3.8, 4) is 22.5 Å². The number of ether oxygens (including phenoxy) is 2.